The zero-order valence-corrected chi connectivity index (χ0v) is 19.5. The van der Waals surface area contributed by atoms with E-state index in [1.165, 1.54) is 4.57 Å². The first kappa shape index (κ1) is 23.4. The molecule has 0 aliphatic rings. The van der Waals surface area contributed by atoms with Crippen molar-refractivity contribution in [1.29, 1.82) is 0 Å². The predicted molar refractivity (Wildman–Crippen MR) is 127 cm³/mol. The van der Waals surface area contributed by atoms with Crippen molar-refractivity contribution in [2.24, 2.45) is 0 Å². The Kier molecular flexibility index (Phi) is 6.90. The topological polar surface area (TPSA) is 73.2 Å². The molecule has 1 amide bonds. The minimum Gasteiger partial charge on any atom is -0.444 e. The third-order valence-corrected chi connectivity index (χ3v) is 4.57. The number of benzene rings is 2. The Balaban J connectivity index is 2.21. The summed E-state index contributed by atoms with van der Waals surface area (Å²) in [6, 6.07) is 13.9. The van der Waals surface area contributed by atoms with Gasteiger partial charge in [-0.1, -0.05) is 36.1 Å². The molecule has 32 heavy (non-hydrogen) atoms. The summed E-state index contributed by atoms with van der Waals surface area (Å²) in [5.74, 6) is 6.26. The van der Waals surface area contributed by atoms with Gasteiger partial charge in [-0.3, -0.25) is 9.36 Å². The van der Waals surface area contributed by atoms with Gasteiger partial charge in [-0.2, -0.15) is 0 Å². The molecule has 1 unspecified atom stereocenters. The van der Waals surface area contributed by atoms with Crippen LogP contribution in [0.4, 0.5) is 4.79 Å². The van der Waals surface area contributed by atoms with Crippen LogP contribution in [0.2, 0.25) is 0 Å². The summed E-state index contributed by atoms with van der Waals surface area (Å²) in [5.41, 5.74) is 0.752. The number of amides is 1. The van der Waals surface area contributed by atoms with Gasteiger partial charge in [0.05, 0.1) is 28.0 Å². The molecule has 0 saturated heterocycles. The number of nitrogens with zero attached hydrogens (tertiary/aromatic N) is 2. The molecule has 0 aliphatic heterocycles. The second kappa shape index (κ2) is 9.46. The van der Waals surface area contributed by atoms with Gasteiger partial charge in [0.15, 0.2) is 0 Å². The summed E-state index contributed by atoms with van der Waals surface area (Å²) in [5, 5.41) is 2.82. The number of nitrogens with one attached hydrogen (secondary N) is 1. The van der Waals surface area contributed by atoms with E-state index in [0.717, 1.165) is 0 Å². The molecule has 0 radical (unpaired) electrons. The van der Waals surface area contributed by atoms with Gasteiger partial charge in [-0.05, 0) is 58.9 Å². The minimum absolute atomic E-state index is 0.277. The molecule has 6 nitrogen and oxygen atoms in total. The number of halogens is 1. The molecule has 0 saturated carbocycles. The molecule has 7 heteroatoms. The van der Waals surface area contributed by atoms with Crippen molar-refractivity contribution in [1.82, 2.24) is 14.9 Å². The quantitative estimate of drug-likeness (QED) is 0.451. The number of hydrogen-bond donors (Lipinski definition) is 1. The molecule has 0 bridgehead atoms. The van der Waals surface area contributed by atoms with Crippen LogP contribution in [-0.2, 0) is 4.74 Å². The van der Waals surface area contributed by atoms with E-state index in [2.05, 4.69) is 17.2 Å². The first-order chi connectivity index (χ1) is 15.1. The molecule has 2 aromatic carbocycles. The van der Waals surface area contributed by atoms with Gasteiger partial charge in [-0.25, -0.2) is 9.78 Å². The highest BCUT2D eigenvalue weighted by Crippen LogP contribution is 2.20. The van der Waals surface area contributed by atoms with Crippen LogP contribution in [0.1, 0.15) is 52.0 Å². The van der Waals surface area contributed by atoms with Gasteiger partial charge in [0.1, 0.15) is 11.4 Å². The number of carbonyl (C=O) groups is 1. The summed E-state index contributed by atoms with van der Waals surface area (Å²) in [6.45, 7) is 8.89. The smallest absolute Gasteiger partial charge is 0.408 e. The van der Waals surface area contributed by atoms with Gasteiger partial charge >= 0.3 is 6.09 Å². The Morgan fingerprint density at radius 2 is 1.81 bits per heavy atom. The van der Waals surface area contributed by atoms with E-state index in [0.29, 0.717) is 28.0 Å². The van der Waals surface area contributed by atoms with Crippen LogP contribution in [0.15, 0.2) is 53.3 Å². The lowest BCUT2D eigenvalue weighted by atomic mass is 10.1. The van der Waals surface area contributed by atoms with Crippen LogP contribution in [-0.4, -0.2) is 26.6 Å². The van der Waals surface area contributed by atoms with Gasteiger partial charge in [0.2, 0.25) is 0 Å². The van der Waals surface area contributed by atoms with E-state index in [4.69, 9.17) is 21.3 Å². The molecular formula is C25H26ClN3O3. The Morgan fingerprint density at radius 3 is 2.44 bits per heavy atom. The number of alkyl carbamates (subject to hydrolysis) is 1. The molecule has 3 aromatic rings. The van der Waals surface area contributed by atoms with E-state index in [1.807, 2.05) is 30.3 Å². The molecule has 3 rings (SSSR count). The number of para-hydroxylation sites is 1. The molecule has 1 N–H and O–H groups in total. The lowest BCUT2D eigenvalue weighted by Crippen LogP contribution is -2.37. The summed E-state index contributed by atoms with van der Waals surface area (Å²) >= 11 is 5.98. The largest absolute Gasteiger partial charge is 0.444 e. The van der Waals surface area contributed by atoms with Crippen molar-refractivity contribution >= 4 is 28.6 Å². The first-order valence-electron chi connectivity index (χ1n) is 10.3. The van der Waals surface area contributed by atoms with Crippen molar-refractivity contribution < 1.29 is 9.53 Å². The SMILES string of the molecule is CC(Cl)C#Cc1cccc2nc([C@H](C)NC(=O)OC(C)(C)C)n(-c3ccccc3)c(=O)c12. The lowest BCUT2D eigenvalue weighted by Gasteiger charge is -2.23. The number of rotatable bonds is 3. The number of fused-ring (bicyclic) bond motifs is 1. The third-order valence-electron chi connectivity index (χ3n) is 4.46. The maximum absolute atomic E-state index is 13.7. The fourth-order valence-corrected chi connectivity index (χ4v) is 3.25. The van der Waals surface area contributed by atoms with Crippen LogP contribution < -0.4 is 10.9 Å². The van der Waals surface area contributed by atoms with Crippen molar-refractivity contribution in [3.05, 3.63) is 70.3 Å². The van der Waals surface area contributed by atoms with E-state index in [-0.39, 0.29) is 10.9 Å². The maximum atomic E-state index is 13.7. The zero-order valence-electron chi connectivity index (χ0n) is 18.8. The van der Waals surface area contributed by atoms with E-state index in [1.54, 1.807) is 52.8 Å². The minimum atomic E-state index is -0.646. The highest BCUT2D eigenvalue weighted by molar-refractivity contribution is 6.22. The van der Waals surface area contributed by atoms with Crippen molar-refractivity contribution in [2.45, 2.75) is 51.6 Å². The number of hydrogen-bond acceptors (Lipinski definition) is 4. The third kappa shape index (κ3) is 5.49. The second-order valence-electron chi connectivity index (χ2n) is 8.40. The monoisotopic (exact) mass is 451 g/mol. The number of alkyl halides is 1. The maximum Gasteiger partial charge on any atom is 0.408 e. The average Bonchev–Trinajstić information content (AvgIpc) is 2.71. The molecule has 1 heterocycles. The molecular weight excluding hydrogens is 426 g/mol. The zero-order chi connectivity index (χ0) is 23.5. The normalized spacial score (nSPS) is 13.1. The summed E-state index contributed by atoms with van der Waals surface area (Å²) in [7, 11) is 0. The highest BCUT2D eigenvalue weighted by Gasteiger charge is 2.23. The fourth-order valence-electron chi connectivity index (χ4n) is 3.19. The van der Waals surface area contributed by atoms with Crippen LogP contribution in [0, 0.1) is 11.8 Å². The first-order valence-corrected chi connectivity index (χ1v) is 10.8. The van der Waals surface area contributed by atoms with Crippen LogP contribution in [0.3, 0.4) is 0 Å². The Labute approximate surface area is 192 Å². The van der Waals surface area contributed by atoms with Gasteiger partial charge < -0.3 is 10.1 Å². The second-order valence-corrected chi connectivity index (χ2v) is 9.05. The standard InChI is InChI=1S/C25H26ClN3O3/c1-16(26)14-15-18-10-9-13-20-21(18)23(30)29(19-11-7-6-8-12-19)22(28-20)17(2)27-24(31)32-25(3,4)5/h6-13,16-17H,1-5H3,(H,27,31)/t16?,17-/m0/s1. The Hall–Kier alpha value is -3.30. The van der Waals surface area contributed by atoms with Crippen molar-refractivity contribution in [3.63, 3.8) is 0 Å². The molecule has 0 spiro atoms. The van der Waals surface area contributed by atoms with Crippen molar-refractivity contribution in [2.75, 3.05) is 0 Å². The Morgan fingerprint density at radius 1 is 1.12 bits per heavy atom. The number of aromatic nitrogens is 2. The van der Waals surface area contributed by atoms with E-state index >= 15 is 0 Å². The van der Waals surface area contributed by atoms with Gasteiger partial charge in [0, 0.05) is 5.56 Å². The molecule has 2 atom stereocenters. The molecule has 0 fully saturated rings. The molecule has 0 aliphatic carbocycles. The summed E-state index contributed by atoms with van der Waals surface area (Å²) < 4.78 is 6.87. The average molecular weight is 452 g/mol. The summed E-state index contributed by atoms with van der Waals surface area (Å²) in [6.07, 6.45) is -0.588. The molecule has 1 aromatic heterocycles. The van der Waals surface area contributed by atoms with Crippen LogP contribution in [0.5, 0.6) is 0 Å². The van der Waals surface area contributed by atoms with Crippen molar-refractivity contribution in [3.8, 4) is 17.5 Å². The van der Waals surface area contributed by atoms with E-state index < -0.39 is 17.7 Å². The Bertz CT molecular complexity index is 1250. The van der Waals surface area contributed by atoms with Crippen LogP contribution >= 0.6 is 11.6 Å². The van der Waals surface area contributed by atoms with E-state index in [9.17, 15) is 9.59 Å². The molecule has 166 valence electrons. The number of carbonyl (C=O) groups excluding carboxylic acids is 1. The lowest BCUT2D eigenvalue weighted by molar-refractivity contribution is 0.0505. The fraction of sp³-hybridized carbons (Fsp3) is 0.320. The van der Waals surface area contributed by atoms with Gasteiger partial charge in [-0.15, -0.1) is 11.6 Å². The summed E-state index contributed by atoms with van der Waals surface area (Å²) in [4.78, 5) is 30.8. The predicted octanol–water partition coefficient (Wildman–Crippen LogP) is 4.95. The van der Waals surface area contributed by atoms with Crippen LogP contribution in [0.25, 0.3) is 16.6 Å². The number of ether oxygens (including phenoxy) is 1. The van der Waals surface area contributed by atoms with Gasteiger partial charge in [0.25, 0.3) is 5.56 Å². The highest BCUT2D eigenvalue weighted by atomic mass is 35.5.